The average molecular weight is 863 g/mol. The number of esters is 1. The Morgan fingerprint density at radius 2 is 1.08 bits per heavy atom. The van der Waals surface area contributed by atoms with Crippen molar-refractivity contribution in [1.29, 1.82) is 0 Å². The normalized spacial score (nSPS) is 12.3. The van der Waals surface area contributed by atoms with Crippen LogP contribution < -0.4 is 4.74 Å². The van der Waals surface area contributed by atoms with Gasteiger partial charge in [0.05, 0.1) is 91.3 Å². The third-order valence-corrected chi connectivity index (χ3v) is 10.8. The Hall–Kier alpha value is -4.91. The van der Waals surface area contributed by atoms with Gasteiger partial charge in [-0.05, 0) is 98.2 Å². The van der Waals surface area contributed by atoms with Crippen molar-refractivity contribution in [3.8, 4) is 16.9 Å². The van der Waals surface area contributed by atoms with Crippen LogP contribution in [0.15, 0.2) is 97.1 Å². The summed E-state index contributed by atoms with van der Waals surface area (Å²) in [6.07, 6.45) is 0. The summed E-state index contributed by atoms with van der Waals surface area (Å²) in [4.78, 5) is 13.7. The van der Waals surface area contributed by atoms with Gasteiger partial charge >= 0.3 is 5.97 Å². The van der Waals surface area contributed by atoms with Gasteiger partial charge < -0.3 is 43.0 Å². The Bertz CT molecular complexity index is 2130. The summed E-state index contributed by atoms with van der Waals surface area (Å²) in [5.41, 5.74) is 13.4. The van der Waals surface area contributed by atoms with Gasteiger partial charge in [0.25, 0.3) is 0 Å². The Balaban J connectivity index is 0.000000840. The Kier molecular flexibility index (Phi) is 19.8. The second-order valence-corrected chi connectivity index (χ2v) is 15.6. The van der Waals surface area contributed by atoms with Crippen molar-refractivity contribution in [2.24, 2.45) is 0 Å². The van der Waals surface area contributed by atoms with Crippen molar-refractivity contribution in [3.63, 3.8) is 0 Å². The lowest BCUT2D eigenvalue weighted by molar-refractivity contribution is 0.00444. The molecular weight excluding hydrogens is 797 g/mol. The molecule has 6 rings (SSSR count). The topological polar surface area (TPSA) is 111 Å². The second-order valence-electron chi connectivity index (χ2n) is 15.6. The van der Waals surface area contributed by atoms with Crippen LogP contribution in [0.2, 0.25) is 0 Å². The van der Waals surface area contributed by atoms with Gasteiger partial charge in [0.15, 0.2) is 0 Å². The molecule has 0 bridgehead atoms. The number of aryl methyl sites for hydroxylation is 5. The first-order chi connectivity index (χ1) is 30.6. The zero-order valence-corrected chi connectivity index (χ0v) is 38.3. The van der Waals surface area contributed by atoms with Crippen molar-refractivity contribution in [2.75, 3.05) is 93.0 Å². The molecule has 10 nitrogen and oxygen atoms in total. The number of hydrogen-bond donors (Lipinski definition) is 1. The third kappa shape index (κ3) is 13.3. The van der Waals surface area contributed by atoms with Gasteiger partial charge in [-0.1, -0.05) is 107 Å². The zero-order chi connectivity index (χ0) is 45.0. The van der Waals surface area contributed by atoms with E-state index < -0.39 is 11.4 Å². The van der Waals surface area contributed by atoms with Crippen molar-refractivity contribution >= 4 is 5.97 Å². The lowest BCUT2D eigenvalue weighted by Gasteiger charge is -2.35. The monoisotopic (exact) mass is 862 g/mol. The SMILES string of the molecule is CCOC(=O)c1cc(C2(c3ccc(COCCOCCOCCO)c(C)c3)c3cc(C)ccc3-c3ccc(C)cc32)ccc1OCCOCCOCCOC.Cc1cccc(C)c1. The summed E-state index contributed by atoms with van der Waals surface area (Å²) in [6.45, 7) is 17.7. The molecular formula is C53H66O10. The van der Waals surface area contributed by atoms with Crippen molar-refractivity contribution in [1.82, 2.24) is 0 Å². The van der Waals surface area contributed by atoms with Crippen LogP contribution in [0.4, 0.5) is 0 Å². The molecule has 0 atom stereocenters. The smallest absolute Gasteiger partial charge is 0.341 e. The molecule has 1 N–H and O–H groups in total. The van der Waals surface area contributed by atoms with Gasteiger partial charge in [-0.25, -0.2) is 4.79 Å². The average Bonchev–Trinajstić information content (AvgIpc) is 3.55. The summed E-state index contributed by atoms with van der Waals surface area (Å²) >= 11 is 0. The van der Waals surface area contributed by atoms with Crippen LogP contribution in [-0.4, -0.2) is 104 Å². The molecule has 5 aromatic rings. The molecule has 0 heterocycles. The summed E-state index contributed by atoms with van der Waals surface area (Å²) < 4.78 is 44.8. The highest BCUT2D eigenvalue weighted by molar-refractivity contribution is 5.94. The molecule has 0 unspecified atom stereocenters. The number of rotatable bonds is 24. The Morgan fingerprint density at radius 3 is 1.62 bits per heavy atom. The van der Waals surface area contributed by atoms with Crippen molar-refractivity contribution in [3.05, 3.63) is 158 Å². The Labute approximate surface area is 374 Å². The molecule has 5 aromatic carbocycles. The highest BCUT2D eigenvalue weighted by Crippen LogP contribution is 2.57. The highest BCUT2D eigenvalue weighted by atomic mass is 16.6. The molecule has 1 aliphatic rings. The van der Waals surface area contributed by atoms with Crippen LogP contribution in [0.3, 0.4) is 0 Å². The van der Waals surface area contributed by atoms with E-state index in [4.69, 9.17) is 43.0 Å². The largest absolute Gasteiger partial charge is 0.490 e. The molecule has 0 aromatic heterocycles. The van der Waals surface area contributed by atoms with Crippen LogP contribution in [0, 0.1) is 34.6 Å². The number of methoxy groups -OCH3 is 1. The first kappa shape index (κ1) is 49.1. The van der Waals surface area contributed by atoms with E-state index in [1.807, 2.05) is 12.1 Å². The fourth-order valence-electron chi connectivity index (χ4n) is 7.86. The van der Waals surface area contributed by atoms with Gasteiger partial charge in [-0.3, -0.25) is 0 Å². The molecule has 0 radical (unpaired) electrons. The second kappa shape index (κ2) is 25.4. The first-order valence-corrected chi connectivity index (χ1v) is 21.9. The fraction of sp³-hybridized carbons (Fsp3) is 0.415. The van der Waals surface area contributed by atoms with Crippen LogP contribution in [0.25, 0.3) is 11.1 Å². The van der Waals surface area contributed by atoms with E-state index in [-0.39, 0.29) is 19.8 Å². The maximum Gasteiger partial charge on any atom is 0.341 e. The van der Waals surface area contributed by atoms with Gasteiger partial charge in [0, 0.05) is 7.11 Å². The summed E-state index contributed by atoms with van der Waals surface area (Å²) in [5.74, 6) is -0.00574. The minimum absolute atomic E-state index is 0.000790. The fourth-order valence-corrected chi connectivity index (χ4v) is 7.86. The number of hydrogen-bond acceptors (Lipinski definition) is 10. The highest BCUT2D eigenvalue weighted by Gasteiger charge is 2.47. The predicted molar refractivity (Wildman–Crippen MR) is 247 cm³/mol. The van der Waals surface area contributed by atoms with E-state index in [0.717, 1.165) is 55.6 Å². The number of aliphatic hydroxyl groups is 1. The number of ether oxygens (including phenoxy) is 8. The quantitative estimate of drug-likeness (QED) is 0.0468. The number of fused-ring (bicyclic) bond motifs is 3. The van der Waals surface area contributed by atoms with Gasteiger partial charge in [-0.15, -0.1) is 0 Å². The van der Waals surface area contributed by atoms with E-state index in [0.29, 0.717) is 84.0 Å². The minimum Gasteiger partial charge on any atom is -0.490 e. The standard InChI is InChI=1S/C45H56O10.C8H10/c1-6-54-44(47)40-30-37(11-14-43(40)55-26-25-52-22-21-50-18-17-48-5)45(41-27-32(2)7-12-38(41)39-13-8-33(3)28-42(39)45)36-10-9-35(34(4)29-36)31-53-24-23-51-20-19-49-16-15-46;1-7-4-3-5-8(2)6-7/h7-14,27-30,46H,6,15-26,31H2,1-5H3;3-6H,1-2H3. The molecule has 0 fully saturated rings. The van der Waals surface area contributed by atoms with E-state index in [1.165, 1.54) is 11.1 Å². The molecule has 0 saturated carbocycles. The van der Waals surface area contributed by atoms with Gasteiger partial charge in [0.1, 0.15) is 17.9 Å². The minimum atomic E-state index is -0.746. The Morgan fingerprint density at radius 1 is 0.556 bits per heavy atom. The van der Waals surface area contributed by atoms with E-state index in [1.54, 1.807) is 14.0 Å². The third-order valence-electron chi connectivity index (χ3n) is 10.8. The molecule has 63 heavy (non-hydrogen) atoms. The number of carbonyl (C=O) groups is 1. The lowest BCUT2D eigenvalue weighted by atomic mass is 9.66. The molecule has 1 aliphatic carbocycles. The van der Waals surface area contributed by atoms with Crippen molar-refractivity contribution in [2.45, 2.75) is 53.6 Å². The molecule has 0 spiro atoms. The predicted octanol–water partition coefficient (Wildman–Crippen LogP) is 9.06. The van der Waals surface area contributed by atoms with Gasteiger partial charge in [0.2, 0.25) is 0 Å². The van der Waals surface area contributed by atoms with Crippen LogP contribution in [-0.2, 0) is 45.2 Å². The molecule has 0 amide bonds. The number of carbonyl (C=O) groups excluding carboxylic acids is 1. The van der Waals surface area contributed by atoms with E-state index in [2.05, 4.69) is 120 Å². The summed E-state index contributed by atoms with van der Waals surface area (Å²) in [6, 6.07) is 34.2. The number of aliphatic hydroxyl groups excluding tert-OH is 1. The summed E-state index contributed by atoms with van der Waals surface area (Å²) in [7, 11) is 1.64. The number of benzene rings is 5. The van der Waals surface area contributed by atoms with E-state index >= 15 is 0 Å². The maximum absolute atomic E-state index is 13.7. The first-order valence-electron chi connectivity index (χ1n) is 21.9. The molecule has 0 aliphatic heterocycles. The molecule has 0 saturated heterocycles. The zero-order valence-electron chi connectivity index (χ0n) is 38.3. The molecule has 10 heteroatoms. The van der Waals surface area contributed by atoms with Gasteiger partial charge in [-0.2, -0.15) is 0 Å². The van der Waals surface area contributed by atoms with E-state index in [9.17, 15) is 4.79 Å². The molecule has 338 valence electrons. The maximum atomic E-state index is 13.7. The lowest BCUT2D eigenvalue weighted by Crippen LogP contribution is -2.29. The van der Waals surface area contributed by atoms with Crippen molar-refractivity contribution < 1.29 is 47.8 Å². The summed E-state index contributed by atoms with van der Waals surface area (Å²) in [5, 5.41) is 8.84. The van der Waals surface area contributed by atoms with Crippen LogP contribution in [0.1, 0.15) is 72.9 Å². The van der Waals surface area contributed by atoms with Crippen LogP contribution >= 0.6 is 0 Å². The van der Waals surface area contributed by atoms with Crippen LogP contribution in [0.5, 0.6) is 5.75 Å².